The zero-order valence-electron chi connectivity index (χ0n) is 10.4. The summed E-state index contributed by atoms with van der Waals surface area (Å²) in [5, 5.41) is 14.1. The number of phenols is 1. The van der Waals surface area contributed by atoms with Crippen LogP contribution in [0.2, 0.25) is 0 Å². The van der Waals surface area contributed by atoms with Gasteiger partial charge in [-0.1, -0.05) is 19.8 Å². The van der Waals surface area contributed by atoms with Gasteiger partial charge in [-0.2, -0.15) is 0 Å². The number of unbranched alkanes of at least 4 members (excludes halogenated alkanes) is 2. The third-order valence-corrected chi connectivity index (χ3v) is 2.40. The Hall–Kier alpha value is -2.04. The molecule has 0 aromatic heterocycles. The molecule has 0 spiro atoms. The van der Waals surface area contributed by atoms with E-state index in [0.29, 0.717) is 12.2 Å². The zero-order valence-corrected chi connectivity index (χ0v) is 10.4. The summed E-state index contributed by atoms with van der Waals surface area (Å²) in [5.74, 6) is -1.23. The van der Waals surface area contributed by atoms with Gasteiger partial charge in [-0.25, -0.2) is 0 Å². The molecule has 0 fully saturated rings. The fourth-order valence-corrected chi connectivity index (χ4v) is 1.39. The first-order valence-electron chi connectivity index (χ1n) is 6.01. The maximum atomic E-state index is 11.5. The second kappa shape index (κ2) is 7.32. The largest absolute Gasteiger partial charge is 0.508 e. The molecule has 0 saturated carbocycles. The molecule has 3 N–H and O–H groups in total. The molecule has 0 bridgehead atoms. The van der Waals surface area contributed by atoms with E-state index in [9.17, 15) is 9.59 Å². The number of hydrogen-bond donors (Lipinski definition) is 3. The molecule has 0 aliphatic rings. The standard InChI is InChI=1S/C13H18N2O3/c1-2-3-4-9-14-12(17)13(18)15-10-5-7-11(16)8-6-10/h5-8,16H,2-4,9H2,1H3,(H,14,17)(H,15,18). The Morgan fingerprint density at radius 3 is 2.39 bits per heavy atom. The van der Waals surface area contributed by atoms with Gasteiger partial charge in [0.2, 0.25) is 0 Å². The number of carbonyl (C=O) groups is 2. The lowest BCUT2D eigenvalue weighted by atomic mass is 10.2. The lowest BCUT2D eigenvalue weighted by molar-refractivity contribution is -0.136. The summed E-state index contributed by atoms with van der Waals surface area (Å²) < 4.78 is 0. The van der Waals surface area contributed by atoms with E-state index in [4.69, 9.17) is 5.11 Å². The number of amides is 2. The van der Waals surface area contributed by atoms with Crippen LogP contribution in [0.4, 0.5) is 5.69 Å². The Balaban J connectivity index is 2.35. The topological polar surface area (TPSA) is 78.4 Å². The van der Waals surface area contributed by atoms with Gasteiger partial charge in [-0.05, 0) is 30.7 Å². The van der Waals surface area contributed by atoms with E-state index in [2.05, 4.69) is 17.6 Å². The number of anilines is 1. The van der Waals surface area contributed by atoms with Crippen molar-refractivity contribution in [3.05, 3.63) is 24.3 Å². The highest BCUT2D eigenvalue weighted by atomic mass is 16.3. The fourth-order valence-electron chi connectivity index (χ4n) is 1.39. The van der Waals surface area contributed by atoms with E-state index >= 15 is 0 Å². The summed E-state index contributed by atoms with van der Waals surface area (Å²) in [4.78, 5) is 22.9. The van der Waals surface area contributed by atoms with Gasteiger partial charge in [-0.3, -0.25) is 9.59 Å². The van der Waals surface area contributed by atoms with Crippen LogP contribution in [0.15, 0.2) is 24.3 Å². The number of rotatable bonds is 5. The quantitative estimate of drug-likeness (QED) is 0.422. The zero-order chi connectivity index (χ0) is 13.4. The molecule has 5 nitrogen and oxygen atoms in total. The normalized spacial score (nSPS) is 9.83. The van der Waals surface area contributed by atoms with Crippen molar-refractivity contribution in [3.63, 3.8) is 0 Å². The van der Waals surface area contributed by atoms with E-state index < -0.39 is 11.8 Å². The highest BCUT2D eigenvalue weighted by Gasteiger charge is 2.12. The lowest BCUT2D eigenvalue weighted by Crippen LogP contribution is -2.35. The summed E-state index contributed by atoms with van der Waals surface area (Å²) in [5.41, 5.74) is 0.474. The molecule has 1 rings (SSSR count). The maximum absolute atomic E-state index is 11.5. The van der Waals surface area contributed by atoms with Crippen molar-refractivity contribution in [2.45, 2.75) is 26.2 Å². The summed E-state index contributed by atoms with van der Waals surface area (Å²) >= 11 is 0. The van der Waals surface area contributed by atoms with Crippen LogP contribution in [0.5, 0.6) is 5.75 Å². The highest BCUT2D eigenvalue weighted by molar-refractivity contribution is 6.39. The van der Waals surface area contributed by atoms with Crippen LogP contribution in [0, 0.1) is 0 Å². The number of carbonyl (C=O) groups excluding carboxylic acids is 2. The highest BCUT2D eigenvalue weighted by Crippen LogP contribution is 2.13. The van der Waals surface area contributed by atoms with Crippen molar-refractivity contribution in [3.8, 4) is 5.75 Å². The van der Waals surface area contributed by atoms with Crippen LogP contribution < -0.4 is 10.6 Å². The van der Waals surface area contributed by atoms with Gasteiger partial charge in [0.1, 0.15) is 5.75 Å². The fraction of sp³-hybridized carbons (Fsp3) is 0.385. The van der Waals surface area contributed by atoms with Gasteiger partial charge in [-0.15, -0.1) is 0 Å². The third kappa shape index (κ3) is 4.86. The summed E-state index contributed by atoms with van der Waals surface area (Å²) in [6, 6.07) is 5.93. The first kappa shape index (κ1) is 14.0. The first-order valence-corrected chi connectivity index (χ1v) is 6.01. The van der Waals surface area contributed by atoms with Gasteiger partial charge in [0.05, 0.1) is 0 Å². The van der Waals surface area contributed by atoms with Crippen molar-refractivity contribution in [2.24, 2.45) is 0 Å². The van der Waals surface area contributed by atoms with Crippen molar-refractivity contribution >= 4 is 17.5 Å². The van der Waals surface area contributed by atoms with E-state index in [0.717, 1.165) is 19.3 Å². The molecule has 98 valence electrons. The van der Waals surface area contributed by atoms with Gasteiger partial charge in [0.25, 0.3) is 0 Å². The minimum absolute atomic E-state index is 0.108. The molecule has 0 atom stereocenters. The Kier molecular flexibility index (Phi) is 5.70. The second-order valence-corrected chi connectivity index (χ2v) is 3.96. The van der Waals surface area contributed by atoms with Crippen LogP contribution >= 0.6 is 0 Å². The molecule has 0 heterocycles. The Bertz CT molecular complexity index is 401. The van der Waals surface area contributed by atoms with Crippen LogP contribution in [0.3, 0.4) is 0 Å². The molecule has 18 heavy (non-hydrogen) atoms. The van der Waals surface area contributed by atoms with Gasteiger partial charge in [0.15, 0.2) is 0 Å². The molecule has 0 aliphatic carbocycles. The molecule has 0 unspecified atom stereocenters. The van der Waals surface area contributed by atoms with Gasteiger partial charge >= 0.3 is 11.8 Å². The Morgan fingerprint density at radius 1 is 1.11 bits per heavy atom. The second-order valence-electron chi connectivity index (χ2n) is 3.96. The van der Waals surface area contributed by atoms with E-state index in [1.165, 1.54) is 24.3 Å². The predicted molar refractivity (Wildman–Crippen MR) is 69.3 cm³/mol. The number of phenolic OH excluding ortho intramolecular Hbond substituents is 1. The first-order chi connectivity index (χ1) is 8.63. The van der Waals surface area contributed by atoms with Crippen molar-refractivity contribution in [1.29, 1.82) is 0 Å². The lowest BCUT2D eigenvalue weighted by Gasteiger charge is -2.06. The average Bonchev–Trinajstić information content (AvgIpc) is 2.37. The molecular weight excluding hydrogens is 232 g/mol. The molecule has 5 heteroatoms. The van der Waals surface area contributed by atoms with E-state index in [1.54, 1.807) is 0 Å². The summed E-state index contributed by atoms with van der Waals surface area (Å²) in [6.45, 7) is 2.58. The van der Waals surface area contributed by atoms with Crippen molar-refractivity contribution < 1.29 is 14.7 Å². The number of hydrogen-bond acceptors (Lipinski definition) is 3. The number of aromatic hydroxyl groups is 1. The third-order valence-electron chi connectivity index (χ3n) is 2.40. The van der Waals surface area contributed by atoms with Crippen LogP contribution in [-0.2, 0) is 9.59 Å². The maximum Gasteiger partial charge on any atom is 0.313 e. The summed E-state index contributed by atoms with van der Waals surface area (Å²) in [7, 11) is 0. The molecule has 0 radical (unpaired) electrons. The monoisotopic (exact) mass is 250 g/mol. The Morgan fingerprint density at radius 2 is 1.78 bits per heavy atom. The summed E-state index contributed by atoms with van der Waals surface area (Å²) in [6.07, 6.45) is 2.96. The van der Waals surface area contributed by atoms with Crippen molar-refractivity contribution in [1.82, 2.24) is 5.32 Å². The van der Waals surface area contributed by atoms with Crippen LogP contribution in [0.25, 0.3) is 0 Å². The van der Waals surface area contributed by atoms with Crippen LogP contribution in [-0.4, -0.2) is 23.5 Å². The van der Waals surface area contributed by atoms with Crippen molar-refractivity contribution in [2.75, 3.05) is 11.9 Å². The van der Waals surface area contributed by atoms with E-state index in [1.807, 2.05) is 0 Å². The number of nitrogens with one attached hydrogen (secondary N) is 2. The predicted octanol–water partition coefficient (Wildman–Crippen LogP) is 1.64. The minimum atomic E-state index is -0.697. The van der Waals surface area contributed by atoms with E-state index in [-0.39, 0.29) is 5.75 Å². The van der Waals surface area contributed by atoms with Gasteiger partial charge in [0, 0.05) is 12.2 Å². The molecule has 2 amide bonds. The molecular formula is C13H18N2O3. The minimum Gasteiger partial charge on any atom is -0.508 e. The van der Waals surface area contributed by atoms with Gasteiger partial charge < -0.3 is 15.7 Å². The number of benzene rings is 1. The smallest absolute Gasteiger partial charge is 0.313 e. The molecule has 1 aromatic carbocycles. The molecule has 0 aliphatic heterocycles. The molecule has 0 saturated heterocycles. The molecule has 1 aromatic rings. The SMILES string of the molecule is CCCCCNC(=O)C(=O)Nc1ccc(O)cc1. The Labute approximate surface area is 106 Å². The van der Waals surface area contributed by atoms with Crippen LogP contribution in [0.1, 0.15) is 26.2 Å². The average molecular weight is 250 g/mol.